The summed E-state index contributed by atoms with van der Waals surface area (Å²) in [7, 11) is 0. The van der Waals surface area contributed by atoms with E-state index in [1.165, 1.54) is 12.1 Å². The van der Waals surface area contributed by atoms with Crippen molar-refractivity contribution in [2.45, 2.75) is 12.5 Å². The number of nitrogens with one attached hydrogen (secondary N) is 1. The second-order valence-corrected chi connectivity index (χ2v) is 5.00. The molecule has 0 amide bonds. The van der Waals surface area contributed by atoms with E-state index in [0.29, 0.717) is 16.5 Å². The molecular formula is C14H13Cl2FN2. The van der Waals surface area contributed by atoms with Gasteiger partial charge in [-0.15, -0.1) is 0 Å². The van der Waals surface area contributed by atoms with E-state index in [1.54, 1.807) is 30.3 Å². The van der Waals surface area contributed by atoms with E-state index in [2.05, 4.69) is 5.43 Å². The molecule has 0 radical (unpaired) electrons. The molecule has 0 saturated carbocycles. The van der Waals surface area contributed by atoms with Crippen molar-refractivity contribution in [2.24, 2.45) is 5.84 Å². The van der Waals surface area contributed by atoms with Crippen molar-refractivity contribution in [3.8, 4) is 0 Å². The number of rotatable bonds is 4. The van der Waals surface area contributed by atoms with Gasteiger partial charge in [-0.25, -0.2) is 4.39 Å². The van der Waals surface area contributed by atoms with E-state index in [-0.39, 0.29) is 11.9 Å². The predicted octanol–water partition coefficient (Wildman–Crippen LogP) is 3.88. The van der Waals surface area contributed by atoms with Gasteiger partial charge in [0.25, 0.3) is 0 Å². The van der Waals surface area contributed by atoms with Crippen molar-refractivity contribution < 1.29 is 4.39 Å². The van der Waals surface area contributed by atoms with Gasteiger partial charge in [0.2, 0.25) is 0 Å². The fourth-order valence-corrected chi connectivity index (χ4v) is 2.60. The maximum Gasteiger partial charge on any atom is 0.123 e. The summed E-state index contributed by atoms with van der Waals surface area (Å²) in [5, 5.41) is 1.11. The molecule has 0 heterocycles. The van der Waals surface area contributed by atoms with E-state index in [9.17, 15) is 4.39 Å². The first kappa shape index (κ1) is 14.3. The molecule has 2 aromatic carbocycles. The van der Waals surface area contributed by atoms with E-state index in [1.807, 2.05) is 0 Å². The highest BCUT2D eigenvalue weighted by Crippen LogP contribution is 2.31. The Balaban J connectivity index is 2.27. The summed E-state index contributed by atoms with van der Waals surface area (Å²) in [5.41, 5.74) is 4.39. The SMILES string of the molecule is NNC(Cc1ccc(F)cc1)c1c(Cl)cccc1Cl. The van der Waals surface area contributed by atoms with Gasteiger partial charge in [-0.05, 0) is 36.2 Å². The van der Waals surface area contributed by atoms with E-state index < -0.39 is 0 Å². The van der Waals surface area contributed by atoms with Crippen LogP contribution in [-0.2, 0) is 6.42 Å². The first-order valence-corrected chi connectivity index (χ1v) is 6.52. The summed E-state index contributed by atoms with van der Waals surface area (Å²) in [4.78, 5) is 0. The third-order valence-electron chi connectivity index (χ3n) is 2.90. The quantitative estimate of drug-likeness (QED) is 0.664. The number of hydrazine groups is 1. The second kappa shape index (κ2) is 6.35. The van der Waals surface area contributed by atoms with Gasteiger partial charge in [-0.1, -0.05) is 41.4 Å². The molecule has 2 aromatic rings. The first-order chi connectivity index (χ1) is 9.11. The van der Waals surface area contributed by atoms with Crippen LogP contribution in [0, 0.1) is 5.82 Å². The largest absolute Gasteiger partial charge is 0.271 e. The van der Waals surface area contributed by atoms with E-state index >= 15 is 0 Å². The summed E-state index contributed by atoms with van der Waals surface area (Å²) in [6, 6.07) is 11.3. The second-order valence-electron chi connectivity index (χ2n) is 4.19. The van der Waals surface area contributed by atoms with Crippen LogP contribution in [0.25, 0.3) is 0 Å². The summed E-state index contributed by atoms with van der Waals surface area (Å²) in [6.45, 7) is 0. The highest BCUT2D eigenvalue weighted by Gasteiger charge is 2.17. The van der Waals surface area contributed by atoms with Crippen LogP contribution >= 0.6 is 23.2 Å². The molecule has 19 heavy (non-hydrogen) atoms. The van der Waals surface area contributed by atoms with Crippen LogP contribution in [0.2, 0.25) is 10.0 Å². The first-order valence-electron chi connectivity index (χ1n) is 5.76. The van der Waals surface area contributed by atoms with Crippen molar-refractivity contribution in [3.05, 3.63) is 69.5 Å². The highest BCUT2D eigenvalue weighted by atomic mass is 35.5. The van der Waals surface area contributed by atoms with Crippen molar-refractivity contribution >= 4 is 23.2 Å². The summed E-state index contributed by atoms with van der Waals surface area (Å²) < 4.78 is 12.9. The number of nitrogens with two attached hydrogens (primary N) is 1. The lowest BCUT2D eigenvalue weighted by atomic mass is 9.99. The minimum atomic E-state index is -0.267. The van der Waals surface area contributed by atoms with E-state index in [4.69, 9.17) is 29.0 Å². The van der Waals surface area contributed by atoms with Crippen LogP contribution in [0.5, 0.6) is 0 Å². The minimum Gasteiger partial charge on any atom is -0.271 e. The van der Waals surface area contributed by atoms with Crippen LogP contribution in [0.3, 0.4) is 0 Å². The molecule has 3 N–H and O–H groups in total. The molecule has 0 fully saturated rings. The normalized spacial score (nSPS) is 12.4. The standard InChI is InChI=1S/C14H13Cl2FN2/c15-11-2-1-3-12(16)14(11)13(19-18)8-9-4-6-10(17)7-5-9/h1-7,13,19H,8,18H2. The van der Waals surface area contributed by atoms with Gasteiger partial charge in [-0.3, -0.25) is 11.3 Å². The van der Waals surface area contributed by atoms with Crippen molar-refractivity contribution in [3.63, 3.8) is 0 Å². The summed E-state index contributed by atoms with van der Waals surface area (Å²) in [5.74, 6) is 5.31. The van der Waals surface area contributed by atoms with Gasteiger partial charge in [0.05, 0.1) is 6.04 Å². The third-order valence-corrected chi connectivity index (χ3v) is 3.56. The zero-order valence-electron chi connectivity index (χ0n) is 10.0. The molecule has 0 spiro atoms. The maximum atomic E-state index is 12.9. The monoisotopic (exact) mass is 298 g/mol. The van der Waals surface area contributed by atoms with Crippen molar-refractivity contribution in [1.82, 2.24) is 5.43 Å². The minimum absolute atomic E-state index is 0.230. The lowest BCUT2D eigenvalue weighted by Crippen LogP contribution is -2.30. The van der Waals surface area contributed by atoms with Gasteiger partial charge in [0, 0.05) is 15.6 Å². The average molecular weight is 299 g/mol. The zero-order valence-corrected chi connectivity index (χ0v) is 11.5. The average Bonchev–Trinajstić information content (AvgIpc) is 2.39. The Hall–Kier alpha value is -1.13. The van der Waals surface area contributed by atoms with Crippen LogP contribution in [0.1, 0.15) is 17.2 Å². The molecule has 2 rings (SSSR count). The van der Waals surface area contributed by atoms with Crippen LogP contribution < -0.4 is 11.3 Å². The lowest BCUT2D eigenvalue weighted by Gasteiger charge is -2.19. The lowest BCUT2D eigenvalue weighted by molar-refractivity contribution is 0.551. The van der Waals surface area contributed by atoms with Gasteiger partial charge >= 0.3 is 0 Å². The van der Waals surface area contributed by atoms with Crippen LogP contribution in [-0.4, -0.2) is 0 Å². The molecule has 1 atom stereocenters. The Kier molecular flexibility index (Phi) is 4.77. The maximum absolute atomic E-state index is 12.9. The van der Waals surface area contributed by atoms with Gasteiger partial charge in [-0.2, -0.15) is 0 Å². The van der Waals surface area contributed by atoms with Crippen LogP contribution in [0.4, 0.5) is 4.39 Å². The molecule has 0 aliphatic rings. The Morgan fingerprint density at radius 2 is 1.63 bits per heavy atom. The zero-order chi connectivity index (χ0) is 13.8. The van der Waals surface area contributed by atoms with Gasteiger partial charge in [0.1, 0.15) is 5.82 Å². The van der Waals surface area contributed by atoms with Crippen LogP contribution in [0.15, 0.2) is 42.5 Å². The molecule has 0 aliphatic carbocycles. The Bertz CT molecular complexity index is 538. The fraction of sp³-hybridized carbons (Fsp3) is 0.143. The molecule has 1 unspecified atom stereocenters. The number of hydrogen-bond donors (Lipinski definition) is 2. The predicted molar refractivity (Wildman–Crippen MR) is 76.6 cm³/mol. The third kappa shape index (κ3) is 3.45. The van der Waals surface area contributed by atoms with E-state index in [0.717, 1.165) is 11.1 Å². The molecule has 2 nitrogen and oxygen atoms in total. The summed E-state index contributed by atoms with van der Waals surface area (Å²) in [6.07, 6.45) is 0.570. The van der Waals surface area contributed by atoms with Gasteiger partial charge in [0.15, 0.2) is 0 Å². The summed E-state index contributed by atoms with van der Waals surface area (Å²) >= 11 is 12.3. The molecular weight excluding hydrogens is 286 g/mol. The number of halogens is 3. The topological polar surface area (TPSA) is 38.0 Å². The molecule has 100 valence electrons. The Morgan fingerprint density at radius 3 is 2.16 bits per heavy atom. The number of benzene rings is 2. The smallest absolute Gasteiger partial charge is 0.123 e. The van der Waals surface area contributed by atoms with Crippen molar-refractivity contribution in [1.29, 1.82) is 0 Å². The molecule has 0 aliphatic heterocycles. The molecule has 5 heteroatoms. The Labute approximate surface area is 121 Å². The number of hydrogen-bond acceptors (Lipinski definition) is 2. The molecule has 0 saturated heterocycles. The molecule has 0 bridgehead atoms. The molecule has 0 aromatic heterocycles. The highest BCUT2D eigenvalue weighted by molar-refractivity contribution is 6.36. The van der Waals surface area contributed by atoms with Gasteiger partial charge < -0.3 is 0 Å². The van der Waals surface area contributed by atoms with Crippen molar-refractivity contribution in [2.75, 3.05) is 0 Å². The fourth-order valence-electron chi connectivity index (χ4n) is 1.94. The Morgan fingerprint density at radius 1 is 1.05 bits per heavy atom.